The molecule has 1 aromatic heterocycles. The predicted molar refractivity (Wildman–Crippen MR) is 88.3 cm³/mol. The number of pyridine rings is 1. The molecular weight excluding hydrogens is 401 g/mol. The van der Waals surface area contributed by atoms with E-state index >= 15 is 0 Å². The third kappa shape index (κ3) is 4.12. The number of ether oxygens (including phenoxy) is 1. The van der Waals surface area contributed by atoms with Crippen LogP contribution in [0, 0.1) is 0 Å². The van der Waals surface area contributed by atoms with E-state index in [1.54, 1.807) is 17.2 Å². The lowest BCUT2D eigenvalue weighted by Crippen LogP contribution is -2.31. The van der Waals surface area contributed by atoms with Gasteiger partial charge in [-0.2, -0.15) is 13.2 Å². The fourth-order valence-electron chi connectivity index (χ4n) is 2.61. The second kappa shape index (κ2) is 7.03. The van der Waals surface area contributed by atoms with Gasteiger partial charge in [0, 0.05) is 24.7 Å². The Morgan fingerprint density at radius 3 is 2.60 bits per heavy atom. The second-order valence-electron chi connectivity index (χ2n) is 5.65. The molecule has 4 nitrogen and oxygen atoms in total. The summed E-state index contributed by atoms with van der Waals surface area (Å²) in [4.78, 5) is 18.1. The van der Waals surface area contributed by atoms with Gasteiger partial charge in [0.25, 0.3) is 5.91 Å². The van der Waals surface area contributed by atoms with Gasteiger partial charge in [-0.15, -0.1) is 0 Å². The van der Waals surface area contributed by atoms with Crippen LogP contribution in [0.1, 0.15) is 22.3 Å². The van der Waals surface area contributed by atoms with E-state index in [-0.39, 0.29) is 17.6 Å². The minimum atomic E-state index is -4.41. The zero-order chi connectivity index (χ0) is 18.0. The number of amides is 1. The highest BCUT2D eigenvalue weighted by molar-refractivity contribution is 9.10. The van der Waals surface area contributed by atoms with Gasteiger partial charge in [0.2, 0.25) is 5.88 Å². The van der Waals surface area contributed by atoms with Crippen LogP contribution in [0.5, 0.6) is 5.88 Å². The Bertz CT molecular complexity index is 765. The van der Waals surface area contributed by atoms with Crippen LogP contribution in [0.4, 0.5) is 13.2 Å². The van der Waals surface area contributed by atoms with E-state index in [1.165, 1.54) is 12.1 Å². The molecule has 3 rings (SSSR count). The van der Waals surface area contributed by atoms with Crippen molar-refractivity contribution in [1.29, 1.82) is 0 Å². The number of hydrogen-bond acceptors (Lipinski definition) is 3. The molecule has 25 heavy (non-hydrogen) atoms. The lowest BCUT2D eigenvalue weighted by atomic mass is 10.1. The Morgan fingerprint density at radius 2 is 1.96 bits per heavy atom. The fraction of sp³-hybridized carbons (Fsp3) is 0.294. The maximum atomic E-state index is 12.6. The highest BCUT2D eigenvalue weighted by Gasteiger charge is 2.32. The van der Waals surface area contributed by atoms with Crippen molar-refractivity contribution in [2.45, 2.75) is 18.7 Å². The van der Waals surface area contributed by atoms with Gasteiger partial charge < -0.3 is 9.64 Å². The van der Waals surface area contributed by atoms with E-state index in [4.69, 9.17) is 4.74 Å². The largest absolute Gasteiger partial charge is 0.472 e. The highest BCUT2D eigenvalue weighted by atomic mass is 79.9. The summed E-state index contributed by atoms with van der Waals surface area (Å²) in [6.07, 6.45) is -2.37. The van der Waals surface area contributed by atoms with Gasteiger partial charge in [-0.1, -0.05) is 0 Å². The van der Waals surface area contributed by atoms with Gasteiger partial charge in [0.05, 0.1) is 16.6 Å². The number of alkyl halides is 3. The van der Waals surface area contributed by atoms with E-state index in [9.17, 15) is 18.0 Å². The SMILES string of the molecule is O=C(c1ccc(C(F)(F)F)cc1)N1CCC(Oc2ncccc2Br)C1. The van der Waals surface area contributed by atoms with Gasteiger partial charge in [-0.3, -0.25) is 4.79 Å². The minimum Gasteiger partial charge on any atom is -0.472 e. The first-order valence-electron chi connectivity index (χ1n) is 7.58. The minimum absolute atomic E-state index is 0.204. The normalized spacial score (nSPS) is 17.6. The summed E-state index contributed by atoms with van der Waals surface area (Å²) >= 11 is 3.35. The number of aromatic nitrogens is 1. The molecule has 1 aromatic carbocycles. The number of hydrogen-bond donors (Lipinski definition) is 0. The van der Waals surface area contributed by atoms with Crippen molar-refractivity contribution in [3.05, 3.63) is 58.2 Å². The van der Waals surface area contributed by atoms with Gasteiger partial charge in [-0.25, -0.2) is 4.98 Å². The van der Waals surface area contributed by atoms with Gasteiger partial charge >= 0.3 is 6.18 Å². The summed E-state index contributed by atoms with van der Waals surface area (Å²) in [6.45, 7) is 0.845. The second-order valence-corrected chi connectivity index (χ2v) is 6.50. The first-order valence-corrected chi connectivity index (χ1v) is 8.37. The van der Waals surface area contributed by atoms with Crippen molar-refractivity contribution in [2.24, 2.45) is 0 Å². The van der Waals surface area contributed by atoms with Crippen molar-refractivity contribution in [2.75, 3.05) is 13.1 Å². The number of carbonyl (C=O) groups excluding carboxylic acids is 1. The molecule has 1 unspecified atom stereocenters. The van der Waals surface area contributed by atoms with Crippen LogP contribution in [-0.2, 0) is 6.18 Å². The Morgan fingerprint density at radius 1 is 1.24 bits per heavy atom. The third-order valence-electron chi connectivity index (χ3n) is 3.89. The van der Waals surface area contributed by atoms with E-state index < -0.39 is 11.7 Å². The summed E-state index contributed by atoms with van der Waals surface area (Å²) in [5.74, 6) is 0.149. The molecule has 132 valence electrons. The third-order valence-corrected chi connectivity index (χ3v) is 4.50. The van der Waals surface area contributed by atoms with Crippen LogP contribution in [0.15, 0.2) is 47.1 Å². The van der Waals surface area contributed by atoms with Crippen LogP contribution in [0.2, 0.25) is 0 Å². The lowest BCUT2D eigenvalue weighted by molar-refractivity contribution is -0.137. The summed E-state index contributed by atoms with van der Waals surface area (Å²) < 4.78 is 44.3. The number of benzene rings is 1. The topological polar surface area (TPSA) is 42.4 Å². The molecule has 2 aromatic rings. The molecule has 0 saturated carbocycles. The van der Waals surface area contributed by atoms with E-state index in [0.717, 1.165) is 16.6 Å². The quantitative estimate of drug-likeness (QED) is 0.757. The van der Waals surface area contributed by atoms with Crippen LogP contribution < -0.4 is 4.74 Å². The van der Waals surface area contributed by atoms with Crippen LogP contribution in [-0.4, -0.2) is 35.0 Å². The maximum Gasteiger partial charge on any atom is 0.416 e. The Hall–Kier alpha value is -2.09. The Labute approximate surface area is 150 Å². The molecule has 1 aliphatic rings. The van der Waals surface area contributed by atoms with Crippen molar-refractivity contribution < 1.29 is 22.7 Å². The lowest BCUT2D eigenvalue weighted by Gasteiger charge is -2.17. The first kappa shape index (κ1) is 17.7. The molecule has 2 heterocycles. The van der Waals surface area contributed by atoms with E-state index in [2.05, 4.69) is 20.9 Å². The average Bonchev–Trinajstić information content (AvgIpc) is 3.04. The summed E-state index contributed by atoms with van der Waals surface area (Å²) in [5, 5.41) is 0. The number of halogens is 4. The maximum absolute atomic E-state index is 12.6. The monoisotopic (exact) mass is 414 g/mol. The molecule has 1 amide bonds. The van der Waals surface area contributed by atoms with Crippen molar-refractivity contribution >= 4 is 21.8 Å². The van der Waals surface area contributed by atoms with Crippen LogP contribution >= 0.6 is 15.9 Å². The average molecular weight is 415 g/mol. The molecule has 0 radical (unpaired) electrons. The van der Waals surface area contributed by atoms with Crippen molar-refractivity contribution in [3.63, 3.8) is 0 Å². The predicted octanol–water partition coefficient (Wildman–Crippen LogP) is 4.16. The number of nitrogens with zero attached hydrogens (tertiary/aromatic N) is 2. The van der Waals surface area contributed by atoms with Crippen LogP contribution in [0.25, 0.3) is 0 Å². The van der Waals surface area contributed by atoms with Crippen molar-refractivity contribution in [3.8, 4) is 5.88 Å². The van der Waals surface area contributed by atoms with Gasteiger partial charge in [0.1, 0.15) is 6.10 Å². The Balaban J connectivity index is 1.63. The summed E-state index contributed by atoms with van der Waals surface area (Å²) in [6, 6.07) is 7.82. The van der Waals surface area contributed by atoms with Gasteiger partial charge in [0.15, 0.2) is 0 Å². The molecule has 1 atom stereocenters. The molecule has 0 spiro atoms. The highest BCUT2D eigenvalue weighted by Crippen LogP contribution is 2.29. The zero-order valence-electron chi connectivity index (χ0n) is 13.0. The van der Waals surface area contributed by atoms with E-state index in [0.29, 0.717) is 25.4 Å². The Kier molecular flexibility index (Phi) is 4.99. The summed E-state index contributed by atoms with van der Waals surface area (Å²) in [7, 11) is 0. The van der Waals surface area contributed by atoms with Crippen molar-refractivity contribution in [1.82, 2.24) is 9.88 Å². The smallest absolute Gasteiger partial charge is 0.416 e. The molecule has 1 fully saturated rings. The molecule has 1 saturated heterocycles. The number of rotatable bonds is 3. The molecular formula is C17H14BrF3N2O2. The number of likely N-dealkylation sites (tertiary alicyclic amines) is 1. The van der Waals surface area contributed by atoms with Crippen LogP contribution in [0.3, 0.4) is 0 Å². The molecule has 1 aliphatic heterocycles. The molecule has 8 heteroatoms. The van der Waals surface area contributed by atoms with E-state index in [1.807, 2.05) is 6.07 Å². The first-order chi connectivity index (χ1) is 11.8. The molecule has 0 N–H and O–H groups in total. The number of carbonyl (C=O) groups is 1. The molecule has 0 bridgehead atoms. The fourth-order valence-corrected chi connectivity index (χ4v) is 2.96. The van der Waals surface area contributed by atoms with Gasteiger partial charge in [-0.05, 0) is 52.3 Å². The zero-order valence-corrected chi connectivity index (χ0v) is 14.5. The summed E-state index contributed by atoms with van der Waals surface area (Å²) in [5.41, 5.74) is -0.542. The molecule has 0 aliphatic carbocycles. The standard InChI is InChI=1S/C17H14BrF3N2O2/c18-14-2-1-8-22-15(14)25-13-7-9-23(10-13)16(24)11-3-5-12(6-4-11)17(19,20)21/h1-6,8,13H,7,9-10H2.